The molecule has 5 rings (SSSR count). The molecule has 17 heteroatoms. The topological polar surface area (TPSA) is 257 Å². The summed E-state index contributed by atoms with van der Waals surface area (Å²) in [7, 11) is 0. The number of hydrogen-bond donors (Lipinski definition) is 6. The van der Waals surface area contributed by atoms with Gasteiger partial charge in [0.15, 0.2) is 30.2 Å². The van der Waals surface area contributed by atoms with Crippen LogP contribution < -0.4 is 17.2 Å². The SMILES string of the molecule is CC(=O)c1cc(-c2ncc(-c3cnn(COC(=O)OC[C@H]4OC(O)[C@H](N)[C@@H](O)[C@@H]4O)c3)c3onc(N)c23)c(F)cc1N. The van der Waals surface area contributed by atoms with Crippen molar-refractivity contribution in [3.63, 3.8) is 0 Å². The number of halogens is 1. The molecular formula is C25H26FN7O9. The average Bonchev–Trinajstić information content (AvgIpc) is 3.59. The molecule has 0 aliphatic carbocycles. The van der Waals surface area contributed by atoms with Gasteiger partial charge in [0.2, 0.25) is 0 Å². The Morgan fingerprint density at radius 2 is 1.88 bits per heavy atom. The molecule has 0 saturated carbocycles. The molecule has 4 aromatic rings. The first-order valence-electron chi connectivity index (χ1n) is 12.4. The largest absolute Gasteiger partial charge is 0.510 e. The number of pyridine rings is 1. The number of nitrogen functional groups attached to an aromatic ring is 2. The number of Topliss-reactive ketones (excluding diaryl/α,β-unsaturated/α-hetero) is 1. The summed E-state index contributed by atoms with van der Waals surface area (Å²) in [5.74, 6) is -1.15. The molecule has 4 heterocycles. The number of fused-ring (bicyclic) bond motifs is 1. The minimum atomic E-state index is -1.56. The number of ketones is 1. The fourth-order valence-electron chi connectivity index (χ4n) is 4.44. The number of aliphatic hydroxyl groups excluding tert-OH is 3. The van der Waals surface area contributed by atoms with E-state index in [1.165, 1.54) is 36.3 Å². The molecule has 1 unspecified atom stereocenters. The molecule has 42 heavy (non-hydrogen) atoms. The maximum absolute atomic E-state index is 14.9. The number of carbonyl (C=O) groups is 2. The van der Waals surface area contributed by atoms with Crippen LogP contribution in [0.1, 0.15) is 17.3 Å². The summed E-state index contributed by atoms with van der Waals surface area (Å²) >= 11 is 0. The van der Waals surface area contributed by atoms with E-state index in [2.05, 4.69) is 15.2 Å². The monoisotopic (exact) mass is 587 g/mol. The van der Waals surface area contributed by atoms with Crippen LogP contribution in [0.4, 0.5) is 20.7 Å². The lowest BCUT2D eigenvalue weighted by Crippen LogP contribution is -2.62. The Morgan fingerprint density at radius 3 is 2.62 bits per heavy atom. The fraction of sp³-hybridized carbons (Fsp3) is 0.320. The van der Waals surface area contributed by atoms with Crippen molar-refractivity contribution in [1.29, 1.82) is 0 Å². The van der Waals surface area contributed by atoms with Gasteiger partial charge in [-0.3, -0.25) is 9.78 Å². The third-order valence-electron chi connectivity index (χ3n) is 6.69. The summed E-state index contributed by atoms with van der Waals surface area (Å²) in [5, 5.41) is 37.6. The quantitative estimate of drug-likeness (QED) is 0.0954. The zero-order chi connectivity index (χ0) is 30.3. The number of nitrogens with zero attached hydrogens (tertiary/aromatic N) is 4. The number of aromatic nitrogens is 4. The summed E-state index contributed by atoms with van der Waals surface area (Å²) in [6, 6.07) is 1.09. The first kappa shape index (κ1) is 28.8. The molecule has 0 spiro atoms. The van der Waals surface area contributed by atoms with E-state index in [1.54, 1.807) is 0 Å². The minimum Gasteiger partial charge on any atom is -0.431 e. The van der Waals surface area contributed by atoms with Crippen LogP contribution in [0, 0.1) is 5.82 Å². The summed E-state index contributed by atoms with van der Waals surface area (Å²) < 4.78 is 36.5. The predicted molar refractivity (Wildman–Crippen MR) is 141 cm³/mol. The van der Waals surface area contributed by atoms with Gasteiger partial charge in [-0.1, -0.05) is 5.16 Å². The van der Waals surface area contributed by atoms with E-state index < -0.39 is 49.2 Å². The predicted octanol–water partition coefficient (Wildman–Crippen LogP) is 0.136. The highest BCUT2D eigenvalue weighted by Gasteiger charge is 2.42. The van der Waals surface area contributed by atoms with Gasteiger partial charge >= 0.3 is 6.16 Å². The molecule has 1 saturated heterocycles. The zero-order valence-electron chi connectivity index (χ0n) is 21.9. The van der Waals surface area contributed by atoms with Crippen LogP contribution in [0.25, 0.3) is 33.4 Å². The Labute approximate surface area is 235 Å². The van der Waals surface area contributed by atoms with Gasteiger partial charge in [0.1, 0.15) is 30.7 Å². The van der Waals surface area contributed by atoms with Crippen molar-refractivity contribution < 1.29 is 48.0 Å². The van der Waals surface area contributed by atoms with E-state index in [-0.39, 0.29) is 51.8 Å². The summed E-state index contributed by atoms with van der Waals surface area (Å²) in [6.45, 7) is 0.383. The maximum Gasteiger partial charge on any atom is 0.510 e. The van der Waals surface area contributed by atoms with E-state index in [4.69, 9.17) is 35.9 Å². The first-order valence-corrected chi connectivity index (χ1v) is 12.4. The van der Waals surface area contributed by atoms with Crippen molar-refractivity contribution in [3.8, 4) is 22.4 Å². The molecule has 16 nitrogen and oxygen atoms in total. The van der Waals surface area contributed by atoms with Gasteiger partial charge in [0.05, 0.1) is 23.3 Å². The molecule has 5 atom stereocenters. The Kier molecular flexibility index (Phi) is 7.76. The van der Waals surface area contributed by atoms with Crippen molar-refractivity contribution in [3.05, 3.63) is 42.1 Å². The highest BCUT2D eigenvalue weighted by molar-refractivity contribution is 6.06. The van der Waals surface area contributed by atoms with Crippen LogP contribution in [0.3, 0.4) is 0 Å². The molecular weight excluding hydrogens is 561 g/mol. The lowest BCUT2D eigenvalue weighted by molar-refractivity contribution is -0.249. The van der Waals surface area contributed by atoms with E-state index in [9.17, 15) is 29.3 Å². The van der Waals surface area contributed by atoms with Gasteiger partial charge in [-0.05, 0) is 19.1 Å². The summed E-state index contributed by atoms with van der Waals surface area (Å²) in [6.07, 6.45) is -2.64. The van der Waals surface area contributed by atoms with Crippen molar-refractivity contribution in [2.45, 2.75) is 44.3 Å². The van der Waals surface area contributed by atoms with Gasteiger partial charge < -0.3 is 51.3 Å². The Bertz CT molecular complexity index is 1660. The van der Waals surface area contributed by atoms with Crippen LogP contribution in [-0.4, -0.2) is 84.4 Å². The standard InChI is InChI=1S/C25H26FN7O9/c1-9(34)11-2-12(14(26)3-15(11)27)19-17-22(42-32-23(17)29)13(5-30-19)10-4-31-33(6-10)8-40-25(38)39-7-16-20(35)21(36)18(28)24(37)41-16/h2-6,16,18,20-21,24,35-37H,7-8,27-28H2,1H3,(H2,29,32)/t16-,18-,20-,21-,24?/m1/s1. The highest BCUT2D eigenvalue weighted by Crippen LogP contribution is 2.38. The van der Waals surface area contributed by atoms with Gasteiger partial charge in [-0.2, -0.15) is 5.10 Å². The van der Waals surface area contributed by atoms with Crippen molar-refractivity contribution in [1.82, 2.24) is 19.9 Å². The van der Waals surface area contributed by atoms with Crippen molar-refractivity contribution >= 4 is 34.4 Å². The molecule has 0 radical (unpaired) electrons. The lowest BCUT2D eigenvalue weighted by atomic mass is 9.98. The second-order valence-electron chi connectivity index (χ2n) is 9.49. The number of benzene rings is 1. The molecule has 0 amide bonds. The van der Waals surface area contributed by atoms with Gasteiger partial charge in [-0.25, -0.2) is 13.9 Å². The van der Waals surface area contributed by atoms with E-state index in [0.29, 0.717) is 11.1 Å². The Balaban J connectivity index is 1.30. The van der Waals surface area contributed by atoms with E-state index in [1.807, 2.05) is 0 Å². The Hall–Kier alpha value is -4.68. The number of aliphatic hydroxyl groups is 3. The normalized spacial score (nSPS) is 22.3. The maximum atomic E-state index is 14.9. The van der Waals surface area contributed by atoms with Crippen LogP contribution in [0.5, 0.6) is 0 Å². The second-order valence-corrected chi connectivity index (χ2v) is 9.49. The van der Waals surface area contributed by atoms with Crippen molar-refractivity contribution in [2.75, 3.05) is 18.1 Å². The number of nitrogens with two attached hydrogens (primary N) is 3. The van der Waals surface area contributed by atoms with E-state index in [0.717, 1.165) is 6.07 Å². The van der Waals surface area contributed by atoms with Gasteiger partial charge in [0.25, 0.3) is 0 Å². The van der Waals surface area contributed by atoms with Crippen LogP contribution >= 0.6 is 0 Å². The molecule has 1 aliphatic heterocycles. The molecule has 1 aliphatic rings. The third-order valence-corrected chi connectivity index (χ3v) is 6.69. The molecule has 9 N–H and O–H groups in total. The Morgan fingerprint density at radius 1 is 1.12 bits per heavy atom. The minimum absolute atomic E-state index is 0.0179. The number of rotatable bonds is 7. The van der Waals surface area contributed by atoms with Gasteiger partial charge in [0, 0.05) is 40.3 Å². The van der Waals surface area contributed by atoms with Crippen LogP contribution in [0.15, 0.2) is 35.2 Å². The van der Waals surface area contributed by atoms with Crippen molar-refractivity contribution in [2.24, 2.45) is 5.73 Å². The van der Waals surface area contributed by atoms with Crippen LogP contribution in [-0.2, 0) is 20.9 Å². The molecule has 222 valence electrons. The van der Waals surface area contributed by atoms with E-state index >= 15 is 0 Å². The summed E-state index contributed by atoms with van der Waals surface area (Å²) in [4.78, 5) is 28.4. The van der Waals surface area contributed by atoms with Gasteiger partial charge in [-0.15, -0.1) is 0 Å². The summed E-state index contributed by atoms with van der Waals surface area (Å²) in [5.41, 5.74) is 18.5. The second kappa shape index (κ2) is 11.3. The number of carbonyl (C=O) groups excluding carboxylic acids is 2. The molecule has 0 bridgehead atoms. The number of ether oxygens (including phenoxy) is 3. The molecule has 1 aromatic carbocycles. The molecule has 3 aromatic heterocycles. The number of anilines is 2. The fourth-order valence-corrected chi connectivity index (χ4v) is 4.44. The first-order chi connectivity index (χ1) is 20.0. The molecule has 1 fully saturated rings. The highest BCUT2D eigenvalue weighted by atomic mass is 19.1. The lowest BCUT2D eigenvalue weighted by Gasteiger charge is -2.38. The zero-order valence-corrected chi connectivity index (χ0v) is 21.9. The smallest absolute Gasteiger partial charge is 0.431 e. The van der Waals surface area contributed by atoms with Crippen LogP contribution in [0.2, 0.25) is 0 Å². The third kappa shape index (κ3) is 5.33. The number of hydrogen-bond acceptors (Lipinski definition) is 15. The average molecular weight is 588 g/mol.